The van der Waals surface area contributed by atoms with Crippen LogP contribution in [0.4, 0.5) is 0 Å². The molecule has 0 unspecified atom stereocenters. The molecule has 0 saturated carbocycles. The van der Waals surface area contributed by atoms with E-state index in [2.05, 4.69) is 42.9 Å². The second-order valence-corrected chi connectivity index (χ2v) is 5.39. The van der Waals surface area contributed by atoms with Crippen LogP contribution in [-0.2, 0) is 13.0 Å². The Hall–Kier alpha value is -1.94. The molecule has 0 aliphatic rings. The quantitative estimate of drug-likeness (QED) is 0.876. The lowest BCUT2D eigenvalue weighted by Crippen LogP contribution is -2.07. The maximum Gasteiger partial charge on any atom is 0.168 e. The second-order valence-electron chi connectivity index (χ2n) is 5.39. The van der Waals surface area contributed by atoms with Crippen LogP contribution in [0.3, 0.4) is 0 Å². The monoisotopic (exact) mass is 285 g/mol. The van der Waals surface area contributed by atoms with E-state index in [1.165, 1.54) is 5.56 Å². The van der Waals surface area contributed by atoms with Crippen molar-refractivity contribution in [1.82, 2.24) is 9.97 Å². The number of rotatable bonds is 6. The molecule has 2 aromatic rings. The first-order chi connectivity index (χ1) is 10.1. The molecule has 0 bridgehead atoms. The van der Waals surface area contributed by atoms with Gasteiger partial charge in [0.2, 0.25) is 0 Å². The van der Waals surface area contributed by atoms with Crippen LogP contribution in [0.5, 0.6) is 11.5 Å². The fourth-order valence-corrected chi connectivity index (χ4v) is 2.07. The van der Waals surface area contributed by atoms with Gasteiger partial charge in [-0.25, -0.2) is 9.97 Å². The van der Waals surface area contributed by atoms with E-state index in [0.29, 0.717) is 12.3 Å². The molecule has 0 aliphatic carbocycles. The van der Waals surface area contributed by atoms with E-state index in [1.54, 1.807) is 6.20 Å². The SMILES string of the molecule is CCCc1ccc(Oc2cnc(C(C)C)nc2CN)cc1. The van der Waals surface area contributed by atoms with Crippen LogP contribution in [0.1, 0.15) is 50.2 Å². The molecule has 2 N–H and O–H groups in total. The number of aromatic nitrogens is 2. The lowest BCUT2D eigenvalue weighted by Gasteiger charge is -2.12. The first-order valence-corrected chi connectivity index (χ1v) is 7.46. The highest BCUT2D eigenvalue weighted by atomic mass is 16.5. The van der Waals surface area contributed by atoms with Crippen molar-refractivity contribution in [1.29, 1.82) is 0 Å². The predicted octanol–water partition coefficient (Wildman–Crippen LogP) is 3.80. The fourth-order valence-electron chi connectivity index (χ4n) is 2.07. The highest BCUT2D eigenvalue weighted by Gasteiger charge is 2.10. The third-order valence-corrected chi connectivity index (χ3v) is 3.25. The molecule has 0 spiro atoms. The molecule has 21 heavy (non-hydrogen) atoms. The Balaban J connectivity index is 2.18. The van der Waals surface area contributed by atoms with Crippen molar-refractivity contribution in [2.75, 3.05) is 0 Å². The molecule has 4 heteroatoms. The third kappa shape index (κ3) is 4.02. The zero-order chi connectivity index (χ0) is 15.2. The van der Waals surface area contributed by atoms with Crippen molar-refractivity contribution in [2.45, 2.75) is 46.1 Å². The minimum Gasteiger partial charge on any atom is -0.454 e. The highest BCUT2D eigenvalue weighted by Crippen LogP contribution is 2.25. The van der Waals surface area contributed by atoms with Crippen molar-refractivity contribution in [3.63, 3.8) is 0 Å². The summed E-state index contributed by atoms with van der Waals surface area (Å²) >= 11 is 0. The normalized spacial score (nSPS) is 10.9. The van der Waals surface area contributed by atoms with Gasteiger partial charge < -0.3 is 10.5 Å². The first kappa shape index (κ1) is 15.4. The molecule has 0 fully saturated rings. The molecular weight excluding hydrogens is 262 g/mol. The van der Waals surface area contributed by atoms with Crippen molar-refractivity contribution in [3.8, 4) is 11.5 Å². The van der Waals surface area contributed by atoms with Gasteiger partial charge in [0.25, 0.3) is 0 Å². The predicted molar refractivity (Wildman–Crippen MR) is 84.5 cm³/mol. The number of aryl methyl sites for hydroxylation is 1. The number of hydrogen-bond acceptors (Lipinski definition) is 4. The smallest absolute Gasteiger partial charge is 0.168 e. The van der Waals surface area contributed by atoms with E-state index >= 15 is 0 Å². The Kier molecular flexibility index (Phi) is 5.28. The summed E-state index contributed by atoms with van der Waals surface area (Å²) in [6, 6.07) is 8.12. The fraction of sp³-hybridized carbons (Fsp3) is 0.412. The lowest BCUT2D eigenvalue weighted by molar-refractivity contribution is 0.467. The summed E-state index contributed by atoms with van der Waals surface area (Å²) in [5, 5.41) is 0. The van der Waals surface area contributed by atoms with E-state index in [4.69, 9.17) is 10.5 Å². The number of ether oxygens (including phenoxy) is 1. The average molecular weight is 285 g/mol. The molecule has 2 rings (SSSR count). The minimum atomic E-state index is 0.276. The molecule has 0 aliphatic heterocycles. The lowest BCUT2D eigenvalue weighted by atomic mass is 10.1. The van der Waals surface area contributed by atoms with Gasteiger partial charge in [-0.05, 0) is 24.1 Å². The van der Waals surface area contributed by atoms with Crippen LogP contribution in [0, 0.1) is 0 Å². The van der Waals surface area contributed by atoms with Crippen LogP contribution >= 0.6 is 0 Å². The number of hydrogen-bond donors (Lipinski definition) is 1. The largest absolute Gasteiger partial charge is 0.454 e. The summed E-state index contributed by atoms with van der Waals surface area (Å²) < 4.78 is 5.86. The molecule has 112 valence electrons. The summed E-state index contributed by atoms with van der Waals surface area (Å²) in [4.78, 5) is 8.81. The molecule has 0 radical (unpaired) electrons. The van der Waals surface area contributed by atoms with Gasteiger partial charge in [-0.2, -0.15) is 0 Å². The van der Waals surface area contributed by atoms with Gasteiger partial charge in [-0.3, -0.25) is 0 Å². The molecular formula is C17H23N3O. The van der Waals surface area contributed by atoms with Gasteiger partial charge in [-0.1, -0.05) is 39.3 Å². The summed E-state index contributed by atoms with van der Waals surface area (Å²) in [6.07, 6.45) is 3.94. The van der Waals surface area contributed by atoms with Crippen LogP contribution in [0.15, 0.2) is 30.5 Å². The Morgan fingerprint density at radius 2 is 1.90 bits per heavy atom. The average Bonchev–Trinajstić information content (AvgIpc) is 2.49. The maximum absolute atomic E-state index is 5.86. The van der Waals surface area contributed by atoms with Crippen molar-refractivity contribution >= 4 is 0 Å². The summed E-state index contributed by atoms with van der Waals surface area (Å²) in [5.41, 5.74) is 7.82. The molecule has 0 amide bonds. The summed E-state index contributed by atoms with van der Waals surface area (Å²) in [7, 11) is 0. The molecule has 4 nitrogen and oxygen atoms in total. The summed E-state index contributed by atoms with van der Waals surface area (Å²) in [5.74, 6) is 2.48. The van der Waals surface area contributed by atoms with Crippen LogP contribution in [-0.4, -0.2) is 9.97 Å². The zero-order valence-electron chi connectivity index (χ0n) is 13.0. The standard InChI is InChI=1S/C17H23N3O/c1-4-5-13-6-8-14(9-7-13)21-16-11-19-17(12(2)3)20-15(16)10-18/h6-9,11-12H,4-5,10,18H2,1-3H3. The summed E-state index contributed by atoms with van der Waals surface area (Å²) in [6.45, 7) is 6.63. The van der Waals surface area contributed by atoms with Gasteiger partial charge in [0.05, 0.1) is 6.20 Å². The van der Waals surface area contributed by atoms with Gasteiger partial charge in [-0.15, -0.1) is 0 Å². The van der Waals surface area contributed by atoms with E-state index in [1.807, 2.05) is 12.1 Å². The van der Waals surface area contributed by atoms with E-state index in [-0.39, 0.29) is 5.92 Å². The van der Waals surface area contributed by atoms with Crippen LogP contribution < -0.4 is 10.5 Å². The number of nitrogens with two attached hydrogens (primary N) is 1. The molecule has 1 heterocycles. The van der Waals surface area contributed by atoms with Crippen molar-refractivity contribution in [2.24, 2.45) is 5.73 Å². The van der Waals surface area contributed by atoms with Crippen LogP contribution in [0.2, 0.25) is 0 Å². The first-order valence-electron chi connectivity index (χ1n) is 7.46. The Bertz CT molecular complexity index is 579. The molecule has 1 aromatic carbocycles. The van der Waals surface area contributed by atoms with Gasteiger partial charge >= 0.3 is 0 Å². The van der Waals surface area contributed by atoms with Gasteiger partial charge in [0, 0.05) is 12.5 Å². The maximum atomic E-state index is 5.86. The molecule has 0 atom stereocenters. The Morgan fingerprint density at radius 1 is 1.19 bits per heavy atom. The van der Waals surface area contributed by atoms with Crippen LogP contribution in [0.25, 0.3) is 0 Å². The number of benzene rings is 1. The molecule has 1 aromatic heterocycles. The zero-order valence-corrected chi connectivity index (χ0v) is 13.0. The van der Waals surface area contributed by atoms with Crippen molar-refractivity contribution < 1.29 is 4.74 Å². The Morgan fingerprint density at radius 3 is 2.48 bits per heavy atom. The highest BCUT2D eigenvalue weighted by molar-refractivity contribution is 5.34. The number of nitrogens with zero attached hydrogens (tertiary/aromatic N) is 2. The topological polar surface area (TPSA) is 61.0 Å². The third-order valence-electron chi connectivity index (χ3n) is 3.25. The Labute approximate surface area is 126 Å². The van der Waals surface area contributed by atoms with E-state index < -0.39 is 0 Å². The van der Waals surface area contributed by atoms with E-state index in [9.17, 15) is 0 Å². The molecule has 0 saturated heterocycles. The second kappa shape index (κ2) is 7.18. The van der Waals surface area contributed by atoms with Gasteiger partial charge in [0.15, 0.2) is 5.75 Å². The van der Waals surface area contributed by atoms with E-state index in [0.717, 1.165) is 30.1 Å². The van der Waals surface area contributed by atoms with Crippen molar-refractivity contribution in [3.05, 3.63) is 47.5 Å². The minimum absolute atomic E-state index is 0.276. The van der Waals surface area contributed by atoms with Gasteiger partial charge in [0.1, 0.15) is 17.3 Å².